The number of benzene rings is 1. The second-order valence-corrected chi connectivity index (χ2v) is 4.19. The Kier molecular flexibility index (Phi) is 3.94. The number of nitrogens with one attached hydrogen (secondary N) is 1. The van der Waals surface area contributed by atoms with Crippen LogP contribution < -0.4 is 10.1 Å². The fourth-order valence-electron chi connectivity index (χ4n) is 1.92. The summed E-state index contributed by atoms with van der Waals surface area (Å²) in [6.07, 6.45) is 0.957. The predicted octanol–water partition coefficient (Wildman–Crippen LogP) is 2.46. The first kappa shape index (κ1) is 13.3. The van der Waals surface area contributed by atoms with E-state index in [-0.39, 0.29) is 0 Å². The second kappa shape index (κ2) is 5.65. The standard InChI is InChI=1S/C14H18N4O/c1-5-10-6-7-12(19-4)11(8-10)13-14(15-3)16-9(2)17-18-13/h6-8H,5H2,1-4H3,(H,15,16,17). The van der Waals surface area contributed by atoms with Crippen LogP contribution >= 0.6 is 0 Å². The zero-order valence-electron chi connectivity index (χ0n) is 11.7. The molecule has 1 aromatic heterocycles. The average Bonchev–Trinajstić information content (AvgIpc) is 2.46. The molecule has 0 fully saturated rings. The van der Waals surface area contributed by atoms with Crippen molar-refractivity contribution < 1.29 is 4.74 Å². The summed E-state index contributed by atoms with van der Waals surface area (Å²) in [4.78, 5) is 4.36. The summed E-state index contributed by atoms with van der Waals surface area (Å²) in [6.45, 7) is 3.93. The number of nitrogens with zero attached hydrogens (tertiary/aromatic N) is 3. The first-order valence-corrected chi connectivity index (χ1v) is 6.26. The van der Waals surface area contributed by atoms with E-state index in [9.17, 15) is 0 Å². The normalized spacial score (nSPS) is 10.3. The van der Waals surface area contributed by atoms with Crippen molar-refractivity contribution in [3.63, 3.8) is 0 Å². The van der Waals surface area contributed by atoms with Gasteiger partial charge >= 0.3 is 0 Å². The molecule has 0 radical (unpaired) electrons. The van der Waals surface area contributed by atoms with Crippen LogP contribution in [0, 0.1) is 6.92 Å². The molecule has 0 saturated carbocycles. The lowest BCUT2D eigenvalue weighted by atomic mass is 10.0. The van der Waals surface area contributed by atoms with Crippen LogP contribution in [0.5, 0.6) is 5.75 Å². The van der Waals surface area contributed by atoms with Crippen molar-refractivity contribution in [3.05, 3.63) is 29.6 Å². The highest BCUT2D eigenvalue weighted by Crippen LogP contribution is 2.32. The number of hydrogen-bond donors (Lipinski definition) is 1. The minimum Gasteiger partial charge on any atom is -0.496 e. The third kappa shape index (κ3) is 2.65. The molecule has 1 heterocycles. The van der Waals surface area contributed by atoms with Crippen LogP contribution in [0.2, 0.25) is 0 Å². The van der Waals surface area contributed by atoms with E-state index in [1.54, 1.807) is 7.11 Å². The molecule has 0 bridgehead atoms. The van der Waals surface area contributed by atoms with Gasteiger partial charge in [0.05, 0.1) is 7.11 Å². The number of rotatable bonds is 4. The molecule has 0 saturated heterocycles. The summed E-state index contributed by atoms with van der Waals surface area (Å²) >= 11 is 0. The van der Waals surface area contributed by atoms with Crippen LogP contribution in [0.1, 0.15) is 18.3 Å². The van der Waals surface area contributed by atoms with E-state index >= 15 is 0 Å². The number of hydrogen-bond acceptors (Lipinski definition) is 5. The number of methoxy groups -OCH3 is 1. The minimum atomic E-state index is 0.638. The summed E-state index contributed by atoms with van der Waals surface area (Å²) in [6, 6.07) is 6.08. The van der Waals surface area contributed by atoms with Crippen LogP contribution in [0.4, 0.5) is 5.82 Å². The highest BCUT2D eigenvalue weighted by molar-refractivity contribution is 5.76. The second-order valence-electron chi connectivity index (χ2n) is 4.19. The Balaban J connectivity index is 2.62. The van der Waals surface area contributed by atoms with Crippen molar-refractivity contribution in [2.24, 2.45) is 0 Å². The van der Waals surface area contributed by atoms with Crippen LogP contribution in [0.25, 0.3) is 11.3 Å². The number of aryl methyl sites for hydroxylation is 2. The Bertz CT molecular complexity index is 584. The Morgan fingerprint density at radius 3 is 2.68 bits per heavy atom. The summed E-state index contributed by atoms with van der Waals surface area (Å²) in [5.74, 6) is 2.12. The van der Waals surface area contributed by atoms with Gasteiger partial charge in [-0.3, -0.25) is 0 Å². The Labute approximate surface area is 113 Å². The van der Waals surface area contributed by atoms with E-state index in [1.807, 2.05) is 20.0 Å². The number of ether oxygens (including phenoxy) is 1. The molecule has 0 aliphatic heterocycles. The summed E-state index contributed by atoms with van der Waals surface area (Å²) < 4.78 is 5.41. The predicted molar refractivity (Wildman–Crippen MR) is 75.5 cm³/mol. The van der Waals surface area contributed by atoms with Gasteiger partial charge in [-0.1, -0.05) is 13.0 Å². The van der Waals surface area contributed by atoms with Crippen molar-refractivity contribution in [1.82, 2.24) is 15.2 Å². The van der Waals surface area contributed by atoms with E-state index in [0.29, 0.717) is 17.3 Å². The molecular formula is C14H18N4O. The molecule has 5 heteroatoms. The molecule has 5 nitrogen and oxygen atoms in total. The molecule has 19 heavy (non-hydrogen) atoms. The van der Waals surface area contributed by atoms with Crippen molar-refractivity contribution in [2.45, 2.75) is 20.3 Å². The summed E-state index contributed by atoms with van der Waals surface area (Å²) in [5, 5.41) is 11.3. The molecule has 1 N–H and O–H groups in total. The first-order chi connectivity index (χ1) is 9.19. The van der Waals surface area contributed by atoms with Crippen LogP contribution in [-0.2, 0) is 6.42 Å². The maximum atomic E-state index is 5.41. The smallest absolute Gasteiger partial charge is 0.156 e. The maximum absolute atomic E-state index is 5.41. The SMILES string of the molecule is CCc1ccc(OC)c(-c2nnc(C)nc2NC)c1. The molecule has 0 spiro atoms. The summed E-state index contributed by atoms with van der Waals surface area (Å²) in [7, 11) is 3.47. The lowest BCUT2D eigenvalue weighted by molar-refractivity contribution is 0.416. The van der Waals surface area contributed by atoms with Gasteiger partial charge in [0.2, 0.25) is 0 Å². The third-order valence-corrected chi connectivity index (χ3v) is 2.96. The monoisotopic (exact) mass is 258 g/mol. The molecular weight excluding hydrogens is 240 g/mol. The van der Waals surface area contributed by atoms with E-state index in [4.69, 9.17) is 4.74 Å². The van der Waals surface area contributed by atoms with Gasteiger partial charge < -0.3 is 10.1 Å². The van der Waals surface area contributed by atoms with Gasteiger partial charge in [-0.15, -0.1) is 10.2 Å². The molecule has 2 aromatic rings. The molecule has 0 unspecified atom stereocenters. The Morgan fingerprint density at radius 1 is 1.26 bits per heavy atom. The number of anilines is 1. The minimum absolute atomic E-state index is 0.638. The quantitative estimate of drug-likeness (QED) is 0.912. The molecule has 0 atom stereocenters. The third-order valence-electron chi connectivity index (χ3n) is 2.96. The largest absolute Gasteiger partial charge is 0.496 e. The van der Waals surface area contributed by atoms with Crippen LogP contribution in [-0.4, -0.2) is 29.3 Å². The van der Waals surface area contributed by atoms with Crippen LogP contribution in [0.3, 0.4) is 0 Å². The summed E-state index contributed by atoms with van der Waals surface area (Å²) in [5.41, 5.74) is 2.84. The van der Waals surface area contributed by atoms with Gasteiger partial charge in [0.25, 0.3) is 0 Å². The zero-order valence-corrected chi connectivity index (χ0v) is 11.7. The van der Waals surface area contributed by atoms with Gasteiger partial charge in [-0.2, -0.15) is 0 Å². The highest BCUT2D eigenvalue weighted by atomic mass is 16.5. The van der Waals surface area contributed by atoms with E-state index in [2.05, 4.69) is 39.6 Å². The molecule has 0 aliphatic carbocycles. The van der Waals surface area contributed by atoms with Gasteiger partial charge in [0.1, 0.15) is 17.3 Å². The van der Waals surface area contributed by atoms with E-state index in [1.165, 1.54) is 5.56 Å². The van der Waals surface area contributed by atoms with Crippen molar-refractivity contribution in [3.8, 4) is 17.0 Å². The highest BCUT2D eigenvalue weighted by Gasteiger charge is 2.14. The topological polar surface area (TPSA) is 59.9 Å². The van der Waals surface area contributed by atoms with Crippen molar-refractivity contribution in [2.75, 3.05) is 19.5 Å². The average molecular weight is 258 g/mol. The van der Waals surface area contributed by atoms with Gasteiger partial charge in [-0.25, -0.2) is 4.98 Å². The van der Waals surface area contributed by atoms with Gasteiger partial charge in [-0.05, 0) is 31.0 Å². The molecule has 1 aromatic carbocycles. The fourth-order valence-corrected chi connectivity index (χ4v) is 1.92. The van der Waals surface area contributed by atoms with Crippen LogP contribution in [0.15, 0.2) is 18.2 Å². The van der Waals surface area contributed by atoms with E-state index < -0.39 is 0 Å². The van der Waals surface area contributed by atoms with Gasteiger partial charge in [0.15, 0.2) is 5.82 Å². The van der Waals surface area contributed by atoms with Gasteiger partial charge in [0, 0.05) is 12.6 Å². The molecule has 100 valence electrons. The number of aromatic nitrogens is 3. The van der Waals surface area contributed by atoms with E-state index in [0.717, 1.165) is 17.7 Å². The Hall–Kier alpha value is -2.17. The Morgan fingerprint density at radius 2 is 2.05 bits per heavy atom. The fraction of sp³-hybridized carbons (Fsp3) is 0.357. The first-order valence-electron chi connectivity index (χ1n) is 6.26. The van der Waals surface area contributed by atoms with Crippen molar-refractivity contribution in [1.29, 1.82) is 0 Å². The zero-order chi connectivity index (χ0) is 13.8. The molecule has 2 rings (SSSR count). The maximum Gasteiger partial charge on any atom is 0.156 e. The lowest BCUT2D eigenvalue weighted by Crippen LogP contribution is -2.04. The van der Waals surface area contributed by atoms with Crippen molar-refractivity contribution >= 4 is 5.82 Å². The lowest BCUT2D eigenvalue weighted by Gasteiger charge is -2.12. The molecule has 0 amide bonds. The molecule has 0 aliphatic rings.